The average Bonchev–Trinajstić information content (AvgIpc) is 2.62. The van der Waals surface area contributed by atoms with Gasteiger partial charge in [-0.2, -0.15) is 4.73 Å². The zero-order valence-electron chi connectivity index (χ0n) is 15.2. The van der Waals surface area contributed by atoms with E-state index in [0.29, 0.717) is 10.3 Å². The van der Waals surface area contributed by atoms with Crippen LogP contribution >= 0.6 is 0 Å². The molecule has 29 heavy (non-hydrogen) atoms. The van der Waals surface area contributed by atoms with Gasteiger partial charge in [0.15, 0.2) is 6.20 Å². The molecule has 0 bridgehead atoms. The first kappa shape index (κ1) is 19.0. The number of carbonyl (C=O) groups excluding carboxylic acids is 2. The number of amides is 1. The summed E-state index contributed by atoms with van der Waals surface area (Å²) in [7, 11) is 0. The molecule has 2 aliphatic rings. The summed E-state index contributed by atoms with van der Waals surface area (Å²) in [5.41, 5.74) is 0.0847. The Morgan fingerprint density at radius 2 is 2.00 bits per heavy atom. The molecule has 2 aliphatic heterocycles. The molecule has 4 rings (SSSR count). The van der Waals surface area contributed by atoms with Crippen LogP contribution in [0.5, 0.6) is 11.5 Å². The zero-order chi connectivity index (χ0) is 20.8. The quantitative estimate of drug-likeness (QED) is 0.356. The molecule has 0 atom stereocenters. The van der Waals surface area contributed by atoms with Crippen LogP contribution in [0.2, 0.25) is 6.32 Å². The molecule has 1 aromatic heterocycles. The van der Waals surface area contributed by atoms with Gasteiger partial charge < -0.3 is 39.4 Å². The number of carboxylic acids is 1. The van der Waals surface area contributed by atoms with E-state index in [2.05, 4.69) is 0 Å². The van der Waals surface area contributed by atoms with Gasteiger partial charge in [0.1, 0.15) is 11.9 Å². The predicted octanol–water partition coefficient (Wildman–Crippen LogP) is -1.55. The van der Waals surface area contributed by atoms with Crippen molar-refractivity contribution in [3.8, 4) is 11.5 Å². The summed E-state index contributed by atoms with van der Waals surface area (Å²) in [6.07, 6.45) is 0.921. The van der Waals surface area contributed by atoms with E-state index < -0.39 is 30.3 Å². The number of ether oxygens (including phenoxy) is 1. The Bertz CT molecular complexity index is 990. The molecule has 2 aromatic rings. The van der Waals surface area contributed by atoms with E-state index in [-0.39, 0.29) is 43.0 Å². The highest BCUT2D eigenvalue weighted by Gasteiger charge is 2.37. The van der Waals surface area contributed by atoms with Crippen LogP contribution < -0.4 is 19.2 Å². The van der Waals surface area contributed by atoms with Crippen molar-refractivity contribution in [2.75, 3.05) is 13.1 Å². The van der Waals surface area contributed by atoms with Gasteiger partial charge >= 0.3 is 12.7 Å². The highest BCUT2D eigenvalue weighted by Crippen LogP contribution is 2.38. The number of likely N-dealkylation sites (tertiary alicyclic amines) is 1. The zero-order valence-corrected chi connectivity index (χ0v) is 15.2. The summed E-state index contributed by atoms with van der Waals surface area (Å²) in [6, 6.07) is 7.55. The summed E-state index contributed by atoms with van der Waals surface area (Å²) in [6.45, 7) is -2.83. The number of carboxylic acid groups (broad SMARTS) is 1. The Morgan fingerprint density at radius 3 is 2.69 bits per heavy atom. The second kappa shape index (κ2) is 6.94. The Labute approximate surface area is 165 Å². The van der Waals surface area contributed by atoms with Crippen molar-refractivity contribution in [3.63, 3.8) is 0 Å². The smallest absolute Gasteiger partial charge is 0.430 e. The van der Waals surface area contributed by atoms with E-state index in [1.165, 1.54) is 29.3 Å². The lowest BCUT2D eigenvalue weighted by molar-refractivity contribution is -0.608. The Hall–Kier alpha value is -3.31. The van der Waals surface area contributed by atoms with Gasteiger partial charge in [-0.05, 0) is 24.1 Å². The maximum absolute atomic E-state index is 12.4. The first-order valence-corrected chi connectivity index (χ1v) is 9.06. The fourth-order valence-electron chi connectivity index (χ4n) is 3.44. The number of rotatable bonds is 4. The normalized spacial score (nSPS) is 17.7. The van der Waals surface area contributed by atoms with E-state index in [0.717, 1.165) is 0 Å². The largest absolute Gasteiger partial charge is 0.669 e. The summed E-state index contributed by atoms with van der Waals surface area (Å²) < 4.78 is 11.2. The van der Waals surface area contributed by atoms with Gasteiger partial charge in [-0.15, -0.1) is 0 Å². The minimum absolute atomic E-state index is 0.0204. The lowest BCUT2D eigenvalue weighted by Gasteiger charge is -2.40. The minimum atomic E-state index is -3.15. The molecule has 1 aromatic carbocycles. The molecule has 1 amide bonds. The molecule has 0 saturated carbocycles. The molecular formula is C18H17BN2O8-2. The van der Waals surface area contributed by atoms with E-state index in [9.17, 15) is 30.0 Å². The van der Waals surface area contributed by atoms with Crippen LogP contribution in [-0.2, 0) is 6.42 Å². The Kier molecular flexibility index (Phi) is 4.55. The van der Waals surface area contributed by atoms with Crippen LogP contribution in [0.25, 0.3) is 0 Å². The van der Waals surface area contributed by atoms with Gasteiger partial charge in [-0.1, -0.05) is 12.4 Å². The number of pyridine rings is 1. The summed E-state index contributed by atoms with van der Waals surface area (Å²) in [5.74, 6) is -2.26. The second-order valence-corrected chi connectivity index (χ2v) is 7.09. The topological polar surface area (TPSA) is 146 Å². The fourth-order valence-corrected chi connectivity index (χ4v) is 3.44. The van der Waals surface area contributed by atoms with Crippen LogP contribution in [0.4, 0.5) is 0 Å². The molecule has 2 N–H and O–H groups in total. The standard InChI is InChI=1S/C18H18BN2O8/c22-17(13-3-1-2-8-21(13)27)20-9-12(10-20)28-14-5-4-11-6-7-19(25,26)29-16(11)15(14)18(23)24/h1-5,8,12,25-26H,6-7,9-10H2,(H,23,24)/q-1/p-1. The number of hydrogen-bond donors (Lipinski definition) is 2. The maximum Gasteiger partial charge on any atom is 0.430 e. The average molecular weight is 400 g/mol. The molecule has 0 aliphatic carbocycles. The van der Waals surface area contributed by atoms with E-state index in [4.69, 9.17) is 9.39 Å². The van der Waals surface area contributed by atoms with Crippen LogP contribution in [0.15, 0.2) is 36.5 Å². The molecule has 0 unspecified atom stereocenters. The van der Waals surface area contributed by atoms with Crippen molar-refractivity contribution in [3.05, 3.63) is 58.6 Å². The third-order valence-corrected chi connectivity index (χ3v) is 4.97. The summed E-state index contributed by atoms with van der Waals surface area (Å²) in [5, 5.41) is 42.9. The summed E-state index contributed by atoms with van der Waals surface area (Å²) in [4.78, 5) is 25.4. The highest BCUT2D eigenvalue weighted by molar-refractivity contribution is 6.59. The van der Waals surface area contributed by atoms with Crippen LogP contribution in [-0.4, -0.2) is 52.8 Å². The van der Waals surface area contributed by atoms with Crippen molar-refractivity contribution in [2.24, 2.45) is 0 Å². The molecule has 3 heterocycles. The second-order valence-electron chi connectivity index (χ2n) is 7.09. The SMILES string of the molecule is O=C([O-])c1c(OC2CN(C(=O)c3cccc[n+]3[O-])C2)ccc2c1O[B-](O)(O)CC2. The number of aromatic nitrogens is 1. The van der Waals surface area contributed by atoms with Gasteiger partial charge in [-0.3, -0.25) is 4.79 Å². The lowest BCUT2D eigenvalue weighted by Crippen LogP contribution is -2.58. The highest BCUT2D eigenvalue weighted by atomic mass is 16.6. The van der Waals surface area contributed by atoms with Crippen molar-refractivity contribution in [1.82, 2.24) is 4.90 Å². The van der Waals surface area contributed by atoms with Gasteiger partial charge in [-0.25, -0.2) is 0 Å². The molecule has 152 valence electrons. The Balaban J connectivity index is 1.49. The molecule has 0 spiro atoms. The molecule has 11 heteroatoms. The predicted molar refractivity (Wildman–Crippen MR) is 95.8 cm³/mol. The summed E-state index contributed by atoms with van der Waals surface area (Å²) >= 11 is 0. The number of benzene rings is 1. The van der Waals surface area contributed by atoms with Crippen molar-refractivity contribution < 1.29 is 38.9 Å². The van der Waals surface area contributed by atoms with Gasteiger partial charge in [0.25, 0.3) is 5.69 Å². The van der Waals surface area contributed by atoms with Gasteiger partial charge in [0.2, 0.25) is 0 Å². The minimum Gasteiger partial charge on any atom is -0.669 e. The molecule has 1 saturated heterocycles. The number of carbonyl (C=O) groups is 2. The number of aryl methyl sites for hydroxylation is 1. The fraction of sp³-hybridized carbons (Fsp3) is 0.278. The number of hydrogen-bond acceptors (Lipinski definition) is 8. The van der Waals surface area contributed by atoms with E-state index in [1.54, 1.807) is 12.1 Å². The van der Waals surface area contributed by atoms with Crippen LogP contribution in [0.3, 0.4) is 0 Å². The number of fused-ring (bicyclic) bond motifs is 1. The molecular weight excluding hydrogens is 383 g/mol. The first-order valence-electron chi connectivity index (χ1n) is 9.06. The van der Waals surface area contributed by atoms with E-state index in [1.807, 2.05) is 0 Å². The maximum atomic E-state index is 12.4. The lowest BCUT2D eigenvalue weighted by atomic mass is 9.70. The number of nitrogens with zero attached hydrogens (tertiary/aromatic N) is 2. The van der Waals surface area contributed by atoms with Gasteiger partial charge in [0, 0.05) is 12.1 Å². The van der Waals surface area contributed by atoms with E-state index >= 15 is 0 Å². The van der Waals surface area contributed by atoms with Gasteiger partial charge in [0.05, 0.1) is 30.4 Å². The van der Waals surface area contributed by atoms with Crippen molar-refractivity contribution >= 4 is 18.6 Å². The van der Waals surface area contributed by atoms with Crippen LogP contribution in [0.1, 0.15) is 26.4 Å². The van der Waals surface area contributed by atoms with Crippen LogP contribution in [0, 0.1) is 5.21 Å². The Morgan fingerprint density at radius 1 is 1.24 bits per heavy atom. The van der Waals surface area contributed by atoms with Crippen molar-refractivity contribution in [2.45, 2.75) is 18.8 Å². The third kappa shape index (κ3) is 3.57. The first-order chi connectivity index (χ1) is 13.7. The number of aromatic carboxylic acids is 1. The molecule has 0 radical (unpaired) electrons. The molecule has 1 fully saturated rings. The molecule has 10 nitrogen and oxygen atoms in total. The monoisotopic (exact) mass is 400 g/mol. The van der Waals surface area contributed by atoms with Crippen molar-refractivity contribution in [1.29, 1.82) is 0 Å². The third-order valence-electron chi connectivity index (χ3n) is 4.97.